The van der Waals surface area contributed by atoms with Gasteiger partial charge < -0.3 is 10.2 Å². The molecule has 1 N–H and O–H groups in total. The number of aryl methyl sites for hydroxylation is 2. The second-order valence-corrected chi connectivity index (χ2v) is 8.65. The molecule has 0 bridgehead atoms. The van der Waals surface area contributed by atoms with Gasteiger partial charge in [-0.05, 0) is 56.5 Å². The lowest BCUT2D eigenvalue weighted by molar-refractivity contribution is -0.116. The third-order valence-electron chi connectivity index (χ3n) is 4.86. The predicted molar refractivity (Wildman–Crippen MR) is 108 cm³/mol. The molecular weight excluding hydrogens is 344 g/mol. The van der Waals surface area contributed by atoms with Crippen molar-refractivity contribution in [3.8, 4) is 0 Å². The van der Waals surface area contributed by atoms with Gasteiger partial charge in [-0.15, -0.1) is 11.3 Å². The van der Waals surface area contributed by atoms with Crippen LogP contribution < -0.4 is 10.2 Å². The van der Waals surface area contributed by atoms with Crippen molar-refractivity contribution in [3.05, 3.63) is 45.6 Å². The number of rotatable bonds is 6. The number of nitrogens with one attached hydrogen (secondary N) is 1. The van der Waals surface area contributed by atoms with Crippen LogP contribution >= 0.6 is 11.3 Å². The van der Waals surface area contributed by atoms with Crippen LogP contribution in [0.1, 0.15) is 46.3 Å². The van der Waals surface area contributed by atoms with E-state index in [0.717, 1.165) is 40.0 Å². The van der Waals surface area contributed by atoms with Crippen LogP contribution in [0, 0.1) is 19.8 Å². The van der Waals surface area contributed by atoms with Crippen LogP contribution in [0.25, 0.3) is 0 Å². The van der Waals surface area contributed by atoms with Crippen molar-refractivity contribution in [3.63, 3.8) is 0 Å². The Kier molecular flexibility index (Phi) is 5.77. The first kappa shape index (κ1) is 18.6. The summed E-state index contributed by atoms with van der Waals surface area (Å²) in [6, 6.07) is 9.89. The molecule has 26 heavy (non-hydrogen) atoms. The number of hydrogen-bond acceptors (Lipinski definition) is 4. The first-order valence-electron chi connectivity index (χ1n) is 9.17. The van der Waals surface area contributed by atoms with E-state index in [-0.39, 0.29) is 24.5 Å². The van der Waals surface area contributed by atoms with E-state index in [1.54, 1.807) is 11.3 Å². The molecule has 5 heteroatoms. The van der Waals surface area contributed by atoms with Crippen molar-refractivity contribution >= 4 is 34.4 Å². The fourth-order valence-electron chi connectivity index (χ4n) is 3.42. The van der Waals surface area contributed by atoms with Crippen LogP contribution in [0.2, 0.25) is 0 Å². The highest BCUT2D eigenvalue weighted by molar-refractivity contribution is 7.12. The number of nitrogens with zero attached hydrogens (tertiary/aromatic N) is 1. The molecule has 3 rings (SSSR count). The molecular formula is C21H26N2O2S. The van der Waals surface area contributed by atoms with Gasteiger partial charge in [0.1, 0.15) is 0 Å². The minimum absolute atomic E-state index is 0.0421. The normalized spacial score (nSPS) is 16.7. The lowest BCUT2D eigenvalue weighted by Crippen LogP contribution is -2.19. The Morgan fingerprint density at radius 2 is 1.92 bits per heavy atom. The van der Waals surface area contributed by atoms with Crippen molar-refractivity contribution in [1.82, 2.24) is 0 Å². The standard InChI is InChI=1S/C21H26N2O2S/c1-14-10-11-23(13-14)18-6-4-17(5-7-18)22-21(25)9-8-20(24)19-12-15(2)26-16(19)3/h4-7,12,14H,8-11,13H2,1-3H3,(H,22,25). The van der Waals surface area contributed by atoms with E-state index < -0.39 is 0 Å². The number of Topliss-reactive ketones (excluding diaryl/α,β-unsaturated/α-hetero) is 1. The van der Waals surface area contributed by atoms with E-state index in [4.69, 9.17) is 0 Å². The summed E-state index contributed by atoms with van der Waals surface area (Å²) in [5.41, 5.74) is 2.73. The van der Waals surface area contributed by atoms with Crippen molar-refractivity contribution in [2.75, 3.05) is 23.3 Å². The number of amides is 1. The molecule has 1 fully saturated rings. The highest BCUT2D eigenvalue weighted by Crippen LogP contribution is 2.25. The number of carbonyl (C=O) groups excluding carboxylic acids is 2. The molecule has 1 aromatic carbocycles. The minimum atomic E-state index is -0.120. The van der Waals surface area contributed by atoms with Crippen molar-refractivity contribution in [2.45, 2.75) is 40.0 Å². The Morgan fingerprint density at radius 3 is 2.50 bits per heavy atom. The smallest absolute Gasteiger partial charge is 0.224 e. The molecule has 0 aliphatic carbocycles. The minimum Gasteiger partial charge on any atom is -0.371 e. The zero-order valence-corrected chi connectivity index (χ0v) is 16.5. The first-order chi connectivity index (χ1) is 12.4. The third-order valence-corrected chi connectivity index (χ3v) is 5.83. The van der Waals surface area contributed by atoms with E-state index in [2.05, 4.69) is 29.3 Å². The molecule has 2 heterocycles. The molecule has 2 aromatic rings. The van der Waals surface area contributed by atoms with E-state index >= 15 is 0 Å². The molecule has 1 aliphatic rings. The Hall–Kier alpha value is -2.14. The van der Waals surface area contributed by atoms with Gasteiger partial charge in [-0.2, -0.15) is 0 Å². The van der Waals surface area contributed by atoms with Gasteiger partial charge in [-0.3, -0.25) is 9.59 Å². The topological polar surface area (TPSA) is 49.4 Å². The quantitative estimate of drug-likeness (QED) is 0.742. The fourth-order valence-corrected chi connectivity index (χ4v) is 4.36. The molecule has 138 valence electrons. The molecule has 1 aromatic heterocycles. The molecule has 1 unspecified atom stereocenters. The van der Waals surface area contributed by atoms with Crippen molar-refractivity contribution in [1.29, 1.82) is 0 Å². The number of carbonyl (C=O) groups is 2. The highest BCUT2D eigenvalue weighted by atomic mass is 32.1. The number of hydrogen-bond donors (Lipinski definition) is 1. The Morgan fingerprint density at radius 1 is 1.19 bits per heavy atom. The monoisotopic (exact) mass is 370 g/mol. The van der Waals surface area contributed by atoms with Gasteiger partial charge in [0.25, 0.3) is 0 Å². The maximum absolute atomic E-state index is 12.3. The number of anilines is 2. The van der Waals surface area contributed by atoms with Gasteiger partial charge in [0, 0.05) is 52.6 Å². The summed E-state index contributed by atoms with van der Waals surface area (Å²) in [7, 11) is 0. The summed E-state index contributed by atoms with van der Waals surface area (Å²) in [4.78, 5) is 29.0. The zero-order chi connectivity index (χ0) is 18.7. The SMILES string of the molecule is Cc1cc(C(=O)CCC(=O)Nc2ccc(N3CCC(C)C3)cc2)c(C)s1. The first-order valence-corrected chi connectivity index (χ1v) is 9.99. The Labute approximate surface area is 159 Å². The van der Waals surface area contributed by atoms with E-state index in [0.29, 0.717) is 0 Å². The van der Waals surface area contributed by atoms with Crippen LogP contribution in [-0.4, -0.2) is 24.8 Å². The molecule has 0 saturated carbocycles. The van der Waals surface area contributed by atoms with E-state index in [1.165, 1.54) is 12.1 Å². The molecule has 1 aliphatic heterocycles. The third kappa shape index (κ3) is 4.52. The average molecular weight is 371 g/mol. The fraction of sp³-hybridized carbons (Fsp3) is 0.429. The van der Waals surface area contributed by atoms with Crippen LogP contribution in [0.4, 0.5) is 11.4 Å². The van der Waals surface area contributed by atoms with Gasteiger partial charge >= 0.3 is 0 Å². The number of benzene rings is 1. The summed E-state index contributed by atoms with van der Waals surface area (Å²) < 4.78 is 0. The largest absolute Gasteiger partial charge is 0.371 e. The van der Waals surface area contributed by atoms with Crippen LogP contribution in [0.5, 0.6) is 0 Å². The summed E-state index contributed by atoms with van der Waals surface area (Å²) in [5.74, 6) is 0.661. The van der Waals surface area contributed by atoms with Crippen LogP contribution in [0.15, 0.2) is 30.3 Å². The predicted octanol–water partition coefficient (Wildman–Crippen LogP) is 4.81. The van der Waals surface area contributed by atoms with Gasteiger partial charge in [-0.1, -0.05) is 6.92 Å². The lowest BCUT2D eigenvalue weighted by atomic mass is 10.1. The maximum atomic E-state index is 12.3. The summed E-state index contributed by atoms with van der Waals surface area (Å²) >= 11 is 1.62. The van der Waals surface area contributed by atoms with Gasteiger partial charge in [0.05, 0.1) is 0 Å². The second-order valence-electron chi connectivity index (χ2n) is 7.19. The van der Waals surface area contributed by atoms with Crippen molar-refractivity contribution < 1.29 is 9.59 Å². The van der Waals surface area contributed by atoms with E-state index in [9.17, 15) is 9.59 Å². The summed E-state index contributed by atoms with van der Waals surface area (Å²) in [6.07, 6.45) is 1.68. The average Bonchev–Trinajstić information content (AvgIpc) is 3.18. The molecule has 1 atom stereocenters. The van der Waals surface area contributed by atoms with E-state index in [1.807, 2.05) is 32.0 Å². The summed E-state index contributed by atoms with van der Waals surface area (Å²) in [5, 5.41) is 2.89. The number of thiophene rings is 1. The molecule has 1 amide bonds. The lowest BCUT2D eigenvalue weighted by Gasteiger charge is -2.18. The van der Waals surface area contributed by atoms with Gasteiger partial charge in [0.2, 0.25) is 5.91 Å². The summed E-state index contributed by atoms with van der Waals surface area (Å²) in [6.45, 7) is 8.40. The highest BCUT2D eigenvalue weighted by Gasteiger charge is 2.19. The molecule has 0 spiro atoms. The van der Waals surface area contributed by atoms with Gasteiger partial charge in [0.15, 0.2) is 5.78 Å². The zero-order valence-electron chi connectivity index (χ0n) is 15.7. The van der Waals surface area contributed by atoms with Crippen LogP contribution in [0.3, 0.4) is 0 Å². The second kappa shape index (κ2) is 8.04. The van der Waals surface area contributed by atoms with Crippen molar-refractivity contribution in [2.24, 2.45) is 5.92 Å². The Bertz CT molecular complexity index is 795. The maximum Gasteiger partial charge on any atom is 0.224 e. The van der Waals surface area contributed by atoms with Gasteiger partial charge in [-0.25, -0.2) is 0 Å². The van der Waals surface area contributed by atoms with Crippen LogP contribution in [-0.2, 0) is 4.79 Å². The molecule has 1 saturated heterocycles. The molecule has 0 radical (unpaired) electrons. The Balaban J connectivity index is 1.50. The number of ketones is 1. The molecule has 4 nitrogen and oxygen atoms in total.